The Bertz CT molecular complexity index is 1030. The molecule has 1 saturated heterocycles. The zero-order valence-electron chi connectivity index (χ0n) is 15.4. The molecule has 3 aromatic rings. The number of anilines is 3. The molecule has 1 saturated carbocycles. The van der Waals surface area contributed by atoms with E-state index in [1.54, 1.807) is 16.5 Å². The Morgan fingerprint density at radius 3 is 3.04 bits per heavy atom. The van der Waals surface area contributed by atoms with Crippen LogP contribution in [0.4, 0.5) is 17.6 Å². The van der Waals surface area contributed by atoms with Gasteiger partial charge < -0.3 is 20.1 Å². The van der Waals surface area contributed by atoms with Crippen LogP contribution in [0.25, 0.3) is 5.52 Å². The Hall–Kier alpha value is -3.14. The molecule has 2 fully saturated rings. The number of nitrogens with zero attached hydrogens (tertiary/aromatic N) is 5. The van der Waals surface area contributed by atoms with Crippen molar-refractivity contribution in [1.29, 1.82) is 0 Å². The number of methoxy groups -OCH3 is 1. The summed E-state index contributed by atoms with van der Waals surface area (Å²) in [7, 11) is 1.59. The Labute approximate surface area is 160 Å². The normalized spacial score (nSPS) is 22.1. The summed E-state index contributed by atoms with van der Waals surface area (Å²) in [5.74, 6) is 1.27. The van der Waals surface area contributed by atoms with Crippen molar-refractivity contribution in [3.05, 3.63) is 30.1 Å². The molecule has 2 aliphatic rings. The highest BCUT2D eigenvalue weighted by atomic mass is 16.5. The molecule has 0 radical (unpaired) electrons. The Balaban J connectivity index is 1.50. The molecule has 0 aromatic carbocycles. The summed E-state index contributed by atoms with van der Waals surface area (Å²) in [5, 5.41) is 24.8. The van der Waals surface area contributed by atoms with Crippen molar-refractivity contribution < 1.29 is 14.6 Å². The van der Waals surface area contributed by atoms with Crippen molar-refractivity contribution in [2.75, 3.05) is 23.9 Å². The van der Waals surface area contributed by atoms with Gasteiger partial charge in [-0.1, -0.05) is 0 Å². The monoisotopic (exact) mass is 383 g/mol. The predicted molar refractivity (Wildman–Crippen MR) is 101 cm³/mol. The first-order valence-corrected chi connectivity index (χ1v) is 9.32. The minimum atomic E-state index is -0.911. The maximum atomic E-state index is 11.7. The van der Waals surface area contributed by atoms with Crippen LogP contribution in [0.3, 0.4) is 0 Å². The van der Waals surface area contributed by atoms with Crippen LogP contribution in [0, 0.1) is 0 Å². The molecule has 0 unspecified atom stereocenters. The van der Waals surface area contributed by atoms with E-state index in [1.807, 2.05) is 24.4 Å². The summed E-state index contributed by atoms with van der Waals surface area (Å²) in [5.41, 5.74) is 1.91. The second kappa shape index (κ2) is 6.48. The number of nitrogens with one attached hydrogen (secondary N) is 2. The standard InChI is InChI=1S/C18H21N7O3/c1-28-11-7-14(17(26)27)24(9-11)18-20-16(13-3-2-6-25(13)23-18)19-15-8-12(21-22-15)10-4-5-10/h2-3,6,8,10-11,14H,4-5,7,9H2,1H3,(H,26,27)(H2,19,20,21,22,23)/t11-,14-/m0/s1. The summed E-state index contributed by atoms with van der Waals surface area (Å²) in [4.78, 5) is 18.0. The Morgan fingerprint density at radius 2 is 2.29 bits per heavy atom. The van der Waals surface area contributed by atoms with Crippen molar-refractivity contribution in [3.63, 3.8) is 0 Å². The van der Waals surface area contributed by atoms with Gasteiger partial charge in [-0.3, -0.25) is 5.10 Å². The molecule has 1 aliphatic heterocycles. The molecule has 0 spiro atoms. The number of aliphatic carboxylic acids is 1. The molecule has 1 aliphatic carbocycles. The lowest BCUT2D eigenvalue weighted by Gasteiger charge is -2.21. The second-order valence-electron chi connectivity index (χ2n) is 7.31. The topological polar surface area (TPSA) is 121 Å². The third-order valence-electron chi connectivity index (χ3n) is 5.38. The third kappa shape index (κ3) is 2.95. The van der Waals surface area contributed by atoms with Crippen LogP contribution >= 0.6 is 0 Å². The van der Waals surface area contributed by atoms with Gasteiger partial charge in [0.2, 0.25) is 5.95 Å². The molecule has 10 nitrogen and oxygen atoms in total. The number of aromatic amines is 1. The molecule has 10 heteroatoms. The van der Waals surface area contributed by atoms with Gasteiger partial charge in [-0.15, -0.1) is 5.10 Å². The highest BCUT2D eigenvalue weighted by molar-refractivity contribution is 5.79. The third-order valence-corrected chi connectivity index (χ3v) is 5.38. The molecule has 4 heterocycles. The highest BCUT2D eigenvalue weighted by Gasteiger charge is 2.39. The number of hydrogen-bond donors (Lipinski definition) is 3. The SMILES string of the molecule is CO[C@H]1C[C@@H](C(=O)O)N(c2nc(Nc3cc(C4CC4)[nH]n3)c3cccn3n2)C1. The minimum absolute atomic E-state index is 0.172. The number of carboxylic acid groups (broad SMARTS) is 1. The molecule has 0 bridgehead atoms. The van der Waals surface area contributed by atoms with Gasteiger partial charge in [-0.25, -0.2) is 9.31 Å². The number of H-pyrrole nitrogens is 1. The molecule has 146 valence electrons. The van der Waals surface area contributed by atoms with Crippen molar-refractivity contribution in [2.45, 2.75) is 37.3 Å². The number of ether oxygens (including phenoxy) is 1. The van der Waals surface area contributed by atoms with Crippen LogP contribution in [0.2, 0.25) is 0 Å². The van der Waals surface area contributed by atoms with Crippen LogP contribution in [0.15, 0.2) is 24.4 Å². The molecule has 3 N–H and O–H groups in total. The van der Waals surface area contributed by atoms with E-state index in [0.717, 1.165) is 11.2 Å². The van der Waals surface area contributed by atoms with Crippen LogP contribution < -0.4 is 10.2 Å². The van der Waals surface area contributed by atoms with Crippen molar-refractivity contribution in [3.8, 4) is 0 Å². The maximum absolute atomic E-state index is 11.7. The van der Waals surface area contributed by atoms with E-state index in [1.165, 1.54) is 12.8 Å². The summed E-state index contributed by atoms with van der Waals surface area (Å²) in [6.07, 6.45) is 4.41. The largest absolute Gasteiger partial charge is 0.480 e. The number of fused-ring (bicyclic) bond motifs is 1. The lowest BCUT2D eigenvalue weighted by atomic mass is 10.2. The lowest BCUT2D eigenvalue weighted by molar-refractivity contribution is -0.138. The van der Waals surface area contributed by atoms with E-state index in [4.69, 9.17) is 4.74 Å². The van der Waals surface area contributed by atoms with Crippen LogP contribution in [0.1, 0.15) is 30.9 Å². The Kier molecular flexibility index (Phi) is 3.93. The van der Waals surface area contributed by atoms with E-state index in [9.17, 15) is 9.90 Å². The molecular formula is C18H21N7O3. The fraction of sp³-hybridized carbons (Fsp3) is 0.444. The van der Waals surface area contributed by atoms with Crippen LogP contribution in [-0.4, -0.2) is 61.7 Å². The number of carbonyl (C=O) groups is 1. The first kappa shape index (κ1) is 17.0. The van der Waals surface area contributed by atoms with Gasteiger partial charge in [0.1, 0.15) is 11.6 Å². The molecule has 28 heavy (non-hydrogen) atoms. The van der Waals surface area contributed by atoms with Crippen molar-refractivity contribution in [2.24, 2.45) is 0 Å². The molecule has 5 rings (SSSR count). The lowest BCUT2D eigenvalue weighted by Crippen LogP contribution is -2.37. The Morgan fingerprint density at radius 1 is 1.43 bits per heavy atom. The first-order valence-electron chi connectivity index (χ1n) is 9.32. The molecule has 3 aromatic heterocycles. The summed E-state index contributed by atoms with van der Waals surface area (Å²) in [6.45, 7) is 0.425. The minimum Gasteiger partial charge on any atom is -0.480 e. The van der Waals surface area contributed by atoms with Gasteiger partial charge >= 0.3 is 5.97 Å². The van der Waals surface area contributed by atoms with Crippen LogP contribution in [0.5, 0.6) is 0 Å². The number of rotatable bonds is 6. The number of carboxylic acids is 1. The van der Waals surface area contributed by atoms with Crippen molar-refractivity contribution >= 4 is 29.1 Å². The average Bonchev–Trinajstić information content (AvgIpc) is 3.11. The maximum Gasteiger partial charge on any atom is 0.326 e. The van der Waals surface area contributed by atoms with E-state index in [2.05, 4.69) is 25.6 Å². The van der Waals surface area contributed by atoms with Gasteiger partial charge in [0.25, 0.3) is 0 Å². The fourth-order valence-electron chi connectivity index (χ4n) is 3.69. The smallest absolute Gasteiger partial charge is 0.326 e. The average molecular weight is 383 g/mol. The molecule has 0 amide bonds. The van der Waals surface area contributed by atoms with E-state index in [0.29, 0.717) is 36.5 Å². The van der Waals surface area contributed by atoms with E-state index < -0.39 is 12.0 Å². The van der Waals surface area contributed by atoms with Gasteiger partial charge in [0.15, 0.2) is 11.6 Å². The van der Waals surface area contributed by atoms with E-state index >= 15 is 0 Å². The van der Waals surface area contributed by atoms with E-state index in [-0.39, 0.29) is 6.10 Å². The highest BCUT2D eigenvalue weighted by Crippen LogP contribution is 2.39. The second-order valence-corrected chi connectivity index (χ2v) is 7.31. The van der Waals surface area contributed by atoms with Gasteiger partial charge in [-0.2, -0.15) is 10.1 Å². The quantitative estimate of drug-likeness (QED) is 0.589. The predicted octanol–water partition coefficient (Wildman–Crippen LogP) is 1.75. The van der Waals surface area contributed by atoms with Gasteiger partial charge in [0, 0.05) is 44.0 Å². The molecular weight excluding hydrogens is 362 g/mol. The zero-order chi connectivity index (χ0) is 19.3. The van der Waals surface area contributed by atoms with Gasteiger partial charge in [0.05, 0.1) is 6.10 Å². The summed E-state index contributed by atoms with van der Waals surface area (Å²) in [6, 6.07) is 5.04. The fourth-order valence-corrected chi connectivity index (χ4v) is 3.69. The molecule has 2 atom stereocenters. The first-order chi connectivity index (χ1) is 13.6. The number of hydrogen-bond acceptors (Lipinski definition) is 7. The zero-order valence-corrected chi connectivity index (χ0v) is 15.4. The number of aromatic nitrogens is 5. The van der Waals surface area contributed by atoms with Crippen LogP contribution in [-0.2, 0) is 9.53 Å². The van der Waals surface area contributed by atoms with Crippen molar-refractivity contribution in [1.82, 2.24) is 24.8 Å². The summed E-state index contributed by atoms with van der Waals surface area (Å²) < 4.78 is 7.07. The van der Waals surface area contributed by atoms with Gasteiger partial charge in [-0.05, 0) is 25.0 Å². The summed E-state index contributed by atoms with van der Waals surface area (Å²) >= 11 is 0.